The Hall–Kier alpha value is -2.49. The predicted octanol–water partition coefficient (Wildman–Crippen LogP) is 4.19. The summed E-state index contributed by atoms with van der Waals surface area (Å²) in [5, 5.41) is 1.21. The van der Waals surface area contributed by atoms with Crippen LogP contribution in [-0.4, -0.2) is 17.6 Å². The van der Waals surface area contributed by atoms with E-state index in [0.29, 0.717) is 12.5 Å². The Bertz CT molecular complexity index is 811. The second-order valence-electron chi connectivity index (χ2n) is 5.67. The van der Waals surface area contributed by atoms with Crippen LogP contribution in [0.5, 0.6) is 0 Å². The fraction of sp³-hybridized carbons (Fsp3) is 0.278. The van der Waals surface area contributed by atoms with E-state index >= 15 is 0 Å². The lowest BCUT2D eigenvalue weighted by molar-refractivity contribution is 0.0563. The van der Waals surface area contributed by atoms with Crippen LogP contribution in [0.15, 0.2) is 47.0 Å². The number of methoxy groups -OCH3 is 1. The van der Waals surface area contributed by atoms with Gasteiger partial charge in [-0.1, -0.05) is 19.9 Å². The molecule has 3 aromatic rings. The molecular formula is C18H19NO3. The van der Waals surface area contributed by atoms with Crippen LogP contribution in [0.3, 0.4) is 0 Å². The van der Waals surface area contributed by atoms with Gasteiger partial charge in [0.2, 0.25) is 5.76 Å². The molecule has 0 radical (unpaired) electrons. The van der Waals surface area contributed by atoms with Crippen LogP contribution in [-0.2, 0) is 11.3 Å². The molecule has 0 atom stereocenters. The molecule has 0 aliphatic heterocycles. The molecule has 0 saturated carbocycles. The summed E-state index contributed by atoms with van der Waals surface area (Å²) < 4.78 is 12.3. The summed E-state index contributed by atoms with van der Waals surface area (Å²) in [7, 11) is 1.34. The van der Waals surface area contributed by atoms with Gasteiger partial charge in [0.25, 0.3) is 0 Å². The van der Waals surface area contributed by atoms with Crippen LogP contribution < -0.4 is 0 Å². The molecule has 0 unspecified atom stereocenters. The first-order chi connectivity index (χ1) is 10.6. The maximum absolute atomic E-state index is 11.4. The maximum Gasteiger partial charge on any atom is 0.373 e. The summed E-state index contributed by atoms with van der Waals surface area (Å²) in [6.07, 6.45) is 2.04. The average molecular weight is 297 g/mol. The van der Waals surface area contributed by atoms with Crippen molar-refractivity contribution in [1.82, 2.24) is 4.57 Å². The normalized spacial score (nSPS) is 11.3. The monoisotopic (exact) mass is 297 g/mol. The largest absolute Gasteiger partial charge is 0.463 e. The fourth-order valence-corrected chi connectivity index (χ4v) is 2.56. The number of carbonyl (C=O) groups is 1. The fourth-order valence-electron chi connectivity index (χ4n) is 2.56. The second kappa shape index (κ2) is 5.72. The van der Waals surface area contributed by atoms with Gasteiger partial charge in [-0.25, -0.2) is 4.79 Å². The van der Waals surface area contributed by atoms with Crippen molar-refractivity contribution in [1.29, 1.82) is 0 Å². The molecule has 114 valence electrons. The van der Waals surface area contributed by atoms with Crippen molar-refractivity contribution >= 4 is 16.9 Å². The van der Waals surface area contributed by atoms with Gasteiger partial charge in [0.05, 0.1) is 13.7 Å². The highest BCUT2D eigenvalue weighted by molar-refractivity contribution is 5.86. The SMILES string of the molecule is COC(=O)c1ccc(Cn2ccc3cc(C(C)C)ccc32)o1. The Morgan fingerprint density at radius 1 is 1.23 bits per heavy atom. The van der Waals surface area contributed by atoms with Crippen molar-refractivity contribution < 1.29 is 13.9 Å². The molecular weight excluding hydrogens is 278 g/mol. The number of rotatable bonds is 4. The van der Waals surface area contributed by atoms with Crippen molar-refractivity contribution in [2.45, 2.75) is 26.3 Å². The van der Waals surface area contributed by atoms with E-state index in [9.17, 15) is 4.79 Å². The Morgan fingerprint density at radius 2 is 2.05 bits per heavy atom. The van der Waals surface area contributed by atoms with Crippen molar-refractivity contribution in [3.8, 4) is 0 Å². The summed E-state index contributed by atoms with van der Waals surface area (Å²) >= 11 is 0. The highest BCUT2D eigenvalue weighted by atomic mass is 16.5. The lowest BCUT2D eigenvalue weighted by atomic mass is 10.0. The molecule has 1 aromatic carbocycles. The number of hydrogen-bond acceptors (Lipinski definition) is 3. The molecule has 0 amide bonds. The molecule has 0 fully saturated rings. The van der Waals surface area contributed by atoms with Crippen LogP contribution in [0.2, 0.25) is 0 Å². The topological polar surface area (TPSA) is 44.4 Å². The molecule has 0 N–H and O–H groups in total. The van der Waals surface area contributed by atoms with Gasteiger partial charge in [-0.15, -0.1) is 0 Å². The zero-order valence-corrected chi connectivity index (χ0v) is 13.0. The van der Waals surface area contributed by atoms with Gasteiger partial charge < -0.3 is 13.7 Å². The van der Waals surface area contributed by atoms with Gasteiger partial charge in [-0.2, -0.15) is 0 Å². The number of hydrogen-bond donors (Lipinski definition) is 0. The number of esters is 1. The van der Waals surface area contributed by atoms with Crippen molar-refractivity contribution in [3.63, 3.8) is 0 Å². The number of ether oxygens (including phenoxy) is 1. The quantitative estimate of drug-likeness (QED) is 0.678. The van der Waals surface area contributed by atoms with Gasteiger partial charge >= 0.3 is 5.97 Å². The van der Waals surface area contributed by atoms with E-state index in [2.05, 4.69) is 47.4 Å². The number of aromatic nitrogens is 1. The molecule has 0 aliphatic rings. The maximum atomic E-state index is 11.4. The minimum Gasteiger partial charge on any atom is -0.463 e. The van der Waals surface area contributed by atoms with E-state index in [4.69, 9.17) is 4.42 Å². The smallest absolute Gasteiger partial charge is 0.373 e. The molecule has 2 heterocycles. The standard InChI is InChI=1S/C18H19NO3/c1-12(2)13-4-6-16-14(10-13)8-9-19(16)11-15-5-7-17(22-15)18(20)21-3/h4-10,12H,11H2,1-3H3. The second-order valence-corrected chi connectivity index (χ2v) is 5.67. The van der Waals surface area contributed by atoms with Crippen molar-refractivity contribution in [3.05, 3.63) is 59.7 Å². The Labute approximate surface area is 129 Å². The predicted molar refractivity (Wildman–Crippen MR) is 85.2 cm³/mol. The third-order valence-corrected chi connectivity index (χ3v) is 3.84. The molecule has 4 nitrogen and oxygen atoms in total. The molecule has 2 aromatic heterocycles. The van der Waals surface area contributed by atoms with Gasteiger partial charge in [0, 0.05) is 11.7 Å². The molecule has 4 heteroatoms. The summed E-state index contributed by atoms with van der Waals surface area (Å²) in [6, 6.07) is 12.1. The number of carbonyl (C=O) groups excluding carboxylic acids is 1. The van der Waals surface area contributed by atoms with Gasteiger partial charge in [0.1, 0.15) is 5.76 Å². The van der Waals surface area contributed by atoms with E-state index in [1.54, 1.807) is 12.1 Å². The molecule has 0 saturated heterocycles. The summed E-state index contributed by atoms with van der Waals surface area (Å²) in [6.45, 7) is 4.96. The summed E-state index contributed by atoms with van der Waals surface area (Å²) in [5.41, 5.74) is 2.48. The number of furan rings is 1. The van der Waals surface area contributed by atoms with E-state index in [-0.39, 0.29) is 5.76 Å². The molecule has 0 spiro atoms. The van der Waals surface area contributed by atoms with Crippen LogP contribution in [0.4, 0.5) is 0 Å². The highest BCUT2D eigenvalue weighted by Gasteiger charge is 2.12. The first-order valence-corrected chi connectivity index (χ1v) is 7.34. The lowest BCUT2D eigenvalue weighted by Crippen LogP contribution is -1.99. The van der Waals surface area contributed by atoms with E-state index in [1.807, 2.05) is 6.20 Å². The van der Waals surface area contributed by atoms with Crippen molar-refractivity contribution in [2.75, 3.05) is 7.11 Å². The summed E-state index contributed by atoms with van der Waals surface area (Å²) in [5.74, 6) is 1.02. The molecule has 3 rings (SSSR count). The van der Waals surface area contributed by atoms with E-state index < -0.39 is 5.97 Å². The number of benzene rings is 1. The third-order valence-electron chi connectivity index (χ3n) is 3.84. The Balaban J connectivity index is 1.88. The van der Waals surface area contributed by atoms with Crippen LogP contribution in [0.25, 0.3) is 10.9 Å². The van der Waals surface area contributed by atoms with Crippen molar-refractivity contribution in [2.24, 2.45) is 0 Å². The van der Waals surface area contributed by atoms with Crippen LogP contribution >= 0.6 is 0 Å². The van der Waals surface area contributed by atoms with Gasteiger partial charge in [-0.3, -0.25) is 0 Å². The minimum absolute atomic E-state index is 0.232. The summed E-state index contributed by atoms with van der Waals surface area (Å²) in [4.78, 5) is 11.4. The first-order valence-electron chi connectivity index (χ1n) is 7.34. The molecule has 0 bridgehead atoms. The zero-order chi connectivity index (χ0) is 15.7. The van der Waals surface area contributed by atoms with Crippen LogP contribution in [0.1, 0.15) is 41.6 Å². The number of nitrogens with zero attached hydrogens (tertiary/aromatic N) is 1. The average Bonchev–Trinajstić information content (AvgIpc) is 3.14. The highest BCUT2D eigenvalue weighted by Crippen LogP contribution is 2.23. The lowest BCUT2D eigenvalue weighted by Gasteiger charge is -2.07. The minimum atomic E-state index is -0.454. The first kappa shape index (κ1) is 14.4. The number of fused-ring (bicyclic) bond motifs is 1. The Kier molecular flexibility index (Phi) is 3.75. The van der Waals surface area contributed by atoms with Gasteiger partial charge in [0.15, 0.2) is 0 Å². The molecule has 0 aliphatic carbocycles. The van der Waals surface area contributed by atoms with Gasteiger partial charge in [-0.05, 0) is 47.2 Å². The Morgan fingerprint density at radius 3 is 2.77 bits per heavy atom. The third kappa shape index (κ3) is 2.64. The zero-order valence-electron chi connectivity index (χ0n) is 13.0. The van der Waals surface area contributed by atoms with Crippen LogP contribution in [0, 0.1) is 0 Å². The van der Waals surface area contributed by atoms with E-state index in [0.717, 1.165) is 11.3 Å². The van der Waals surface area contributed by atoms with E-state index in [1.165, 1.54) is 18.1 Å². The molecule has 22 heavy (non-hydrogen) atoms.